The van der Waals surface area contributed by atoms with Crippen molar-refractivity contribution >= 4 is 17.5 Å². The summed E-state index contributed by atoms with van der Waals surface area (Å²) in [7, 11) is 0. The smallest absolute Gasteiger partial charge is 0.277 e. The zero-order chi connectivity index (χ0) is 16.1. The lowest BCUT2D eigenvalue weighted by atomic mass is 10.2. The molecule has 0 unspecified atom stereocenters. The van der Waals surface area contributed by atoms with E-state index in [0.29, 0.717) is 5.56 Å². The summed E-state index contributed by atoms with van der Waals surface area (Å²) in [6.45, 7) is 1.49. The van der Waals surface area contributed by atoms with Crippen molar-refractivity contribution in [3.05, 3.63) is 41.4 Å². The number of nitrogens with zero attached hydrogens (tertiary/aromatic N) is 3. The molecule has 6 nitrogen and oxygen atoms in total. The Hall–Kier alpha value is -2.66. The Labute approximate surface area is 129 Å². The first-order valence-corrected chi connectivity index (χ1v) is 7.11. The van der Waals surface area contributed by atoms with Gasteiger partial charge in [0, 0.05) is 11.3 Å². The summed E-state index contributed by atoms with van der Waals surface area (Å²) in [6.07, 6.45) is 0. The first-order valence-electron chi connectivity index (χ1n) is 6.13. The van der Waals surface area contributed by atoms with Gasteiger partial charge in [0.1, 0.15) is 17.5 Å². The molecule has 2 rings (SSSR count). The molecule has 0 fully saturated rings. The van der Waals surface area contributed by atoms with E-state index < -0.39 is 5.78 Å². The standard InChI is InChI=1S/C14H11FN4O2S/c1-8(17)11(6-16)12(20)7-22-14-19-18-13(21-14)9-2-4-10(15)5-3-9/h2-5H,7,17H2,1H3/b11-8+. The second-order valence-corrected chi connectivity index (χ2v) is 5.19. The number of carbonyl (C=O) groups is 1. The molecule has 0 saturated carbocycles. The van der Waals surface area contributed by atoms with Gasteiger partial charge in [0.05, 0.1) is 5.75 Å². The molecule has 1 aromatic carbocycles. The Bertz CT molecular complexity index is 758. The largest absolute Gasteiger partial charge is 0.411 e. The Morgan fingerprint density at radius 3 is 2.68 bits per heavy atom. The lowest BCUT2D eigenvalue weighted by Crippen LogP contribution is -2.10. The molecule has 0 aliphatic heterocycles. The third kappa shape index (κ3) is 3.71. The number of allylic oxidation sites excluding steroid dienone is 2. The van der Waals surface area contributed by atoms with Crippen LogP contribution in [0.15, 0.2) is 45.2 Å². The molecule has 2 aromatic rings. The Balaban J connectivity index is 2.04. The zero-order valence-corrected chi connectivity index (χ0v) is 12.4. The van der Waals surface area contributed by atoms with Crippen LogP contribution < -0.4 is 5.73 Å². The van der Waals surface area contributed by atoms with Crippen molar-refractivity contribution in [2.75, 3.05) is 5.75 Å². The normalized spacial score (nSPS) is 11.7. The molecule has 0 radical (unpaired) electrons. The predicted octanol–water partition coefficient (Wildman–Crippen LogP) is 2.29. The third-order valence-corrected chi connectivity index (χ3v) is 3.43. The van der Waals surface area contributed by atoms with E-state index in [1.54, 1.807) is 6.07 Å². The molecule has 0 aliphatic carbocycles. The molecular formula is C14H11FN4O2S. The van der Waals surface area contributed by atoms with Gasteiger partial charge in [-0.3, -0.25) is 4.79 Å². The second-order valence-electron chi connectivity index (χ2n) is 4.26. The van der Waals surface area contributed by atoms with Crippen LogP contribution in [0.25, 0.3) is 11.5 Å². The SMILES string of the molecule is C/C(N)=C(/C#N)C(=O)CSc1nnc(-c2ccc(F)cc2)o1. The van der Waals surface area contributed by atoms with Crippen LogP contribution in [0.3, 0.4) is 0 Å². The molecule has 0 saturated heterocycles. The van der Waals surface area contributed by atoms with Crippen LogP contribution in [0.2, 0.25) is 0 Å². The van der Waals surface area contributed by atoms with Crippen molar-refractivity contribution in [3.8, 4) is 17.5 Å². The molecule has 2 N–H and O–H groups in total. The van der Waals surface area contributed by atoms with E-state index in [0.717, 1.165) is 11.8 Å². The lowest BCUT2D eigenvalue weighted by Gasteiger charge is -1.98. The van der Waals surface area contributed by atoms with Gasteiger partial charge in [0.15, 0.2) is 5.78 Å². The molecule has 0 amide bonds. The quantitative estimate of drug-likeness (QED) is 0.512. The number of ketones is 1. The average molecular weight is 318 g/mol. The zero-order valence-electron chi connectivity index (χ0n) is 11.5. The van der Waals surface area contributed by atoms with Crippen molar-refractivity contribution < 1.29 is 13.6 Å². The summed E-state index contributed by atoms with van der Waals surface area (Å²) in [4.78, 5) is 11.8. The third-order valence-electron chi connectivity index (χ3n) is 2.61. The molecule has 0 atom stereocenters. The number of thioether (sulfide) groups is 1. The molecule has 8 heteroatoms. The van der Waals surface area contributed by atoms with Gasteiger partial charge in [-0.25, -0.2) is 4.39 Å². The fraction of sp³-hybridized carbons (Fsp3) is 0.143. The highest BCUT2D eigenvalue weighted by molar-refractivity contribution is 7.99. The number of halogens is 1. The monoisotopic (exact) mass is 318 g/mol. The summed E-state index contributed by atoms with van der Waals surface area (Å²) in [6, 6.07) is 7.35. The minimum absolute atomic E-state index is 0.0392. The number of carbonyl (C=O) groups excluding carboxylic acids is 1. The molecule has 0 aliphatic rings. The average Bonchev–Trinajstić information content (AvgIpc) is 2.95. The minimum atomic E-state index is -0.408. The lowest BCUT2D eigenvalue weighted by molar-refractivity contribution is -0.112. The molecule has 0 spiro atoms. The van der Waals surface area contributed by atoms with Crippen molar-refractivity contribution in [2.45, 2.75) is 12.1 Å². The fourth-order valence-electron chi connectivity index (χ4n) is 1.55. The number of rotatable bonds is 5. The van der Waals surface area contributed by atoms with E-state index >= 15 is 0 Å². The van der Waals surface area contributed by atoms with Gasteiger partial charge < -0.3 is 10.2 Å². The number of aromatic nitrogens is 2. The maximum absolute atomic E-state index is 12.8. The van der Waals surface area contributed by atoms with Gasteiger partial charge >= 0.3 is 0 Å². The van der Waals surface area contributed by atoms with Crippen LogP contribution in [-0.4, -0.2) is 21.7 Å². The summed E-state index contributed by atoms with van der Waals surface area (Å²) in [5.74, 6) is -0.589. The molecule has 22 heavy (non-hydrogen) atoms. The maximum Gasteiger partial charge on any atom is 0.277 e. The van der Waals surface area contributed by atoms with Crippen LogP contribution in [0, 0.1) is 17.1 Å². The van der Waals surface area contributed by atoms with E-state index in [2.05, 4.69) is 10.2 Å². The van der Waals surface area contributed by atoms with Crippen LogP contribution in [0.5, 0.6) is 0 Å². The number of nitrogens with two attached hydrogens (primary N) is 1. The van der Waals surface area contributed by atoms with Gasteiger partial charge in [-0.2, -0.15) is 5.26 Å². The fourth-order valence-corrected chi connectivity index (χ4v) is 2.18. The summed E-state index contributed by atoms with van der Waals surface area (Å²) in [5.41, 5.74) is 6.12. The topological polar surface area (TPSA) is 106 Å². The van der Waals surface area contributed by atoms with Crippen molar-refractivity contribution in [3.63, 3.8) is 0 Å². The summed E-state index contributed by atoms with van der Waals surface area (Å²) >= 11 is 1.00. The Kier molecular flexibility index (Phi) is 4.91. The number of hydrogen-bond acceptors (Lipinski definition) is 7. The van der Waals surface area contributed by atoms with E-state index in [1.165, 1.54) is 31.2 Å². The van der Waals surface area contributed by atoms with Crippen LogP contribution >= 0.6 is 11.8 Å². The van der Waals surface area contributed by atoms with E-state index in [4.69, 9.17) is 15.4 Å². The van der Waals surface area contributed by atoms with E-state index in [-0.39, 0.29) is 34.0 Å². The minimum Gasteiger partial charge on any atom is -0.411 e. The molecule has 1 heterocycles. The first kappa shape index (κ1) is 15.7. The van der Waals surface area contributed by atoms with Gasteiger partial charge in [-0.15, -0.1) is 10.2 Å². The van der Waals surface area contributed by atoms with Gasteiger partial charge in [-0.1, -0.05) is 11.8 Å². The highest BCUT2D eigenvalue weighted by Gasteiger charge is 2.15. The van der Waals surface area contributed by atoms with Crippen molar-refractivity contribution in [1.29, 1.82) is 5.26 Å². The van der Waals surface area contributed by atoms with Gasteiger partial charge in [0.25, 0.3) is 5.22 Å². The number of nitriles is 1. The molecule has 1 aromatic heterocycles. The van der Waals surface area contributed by atoms with E-state index in [1.807, 2.05) is 0 Å². The van der Waals surface area contributed by atoms with Crippen LogP contribution in [-0.2, 0) is 4.79 Å². The first-order chi connectivity index (χ1) is 10.5. The van der Waals surface area contributed by atoms with Crippen LogP contribution in [0.4, 0.5) is 4.39 Å². The highest BCUT2D eigenvalue weighted by Crippen LogP contribution is 2.23. The number of Topliss-reactive ketones (excluding diaryl/α,β-unsaturated/α-hetero) is 1. The number of benzene rings is 1. The Morgan fingerprint density at radius 1 is 1.41 bits per heavy atom. The van der Waals surface area contributed by atoms with E-state index in [9.17, 15) is 9.18 Å². The van der Waals surface area contributed by atoms with Crippen molar-refractivity contribution in [1.82, 2.24) is 10.2 Å². The van der Waals surface area contributed by atoms with Crippen LogP contribution in [0.1, 0.15) is 6.92 Å². The van der Waals surface area contributed by atoms with Gasteiger partial charge in [0.2, 0.25) is 5.89 Å². The second kappa shape index (κ2) is 6.87. The van der Waals surface area contributed by atoms with Gasteiger partial charge in [-0.05, 0) is 31.2 Å². The molecule has 112 valence electrons. The molecular weight excluding hydrogens is 307 g/mol. The molecule has 0 bridgehead atoms. The number of hydrogen-bond donors (Lipinski definition) is 1. The predicted molar refractivity (Wildman–Crippen MR) is 77.9 cm³/mol. The summed E-state index contributed by atoms with van der Waals surface area (Å²) < 4.78 is 18.2. The highest BCUT2D eigenvalue weighted by atomic mass is 32.2. The van der Waals surface area contributed by atoms with Crippen molar-refractivity contribution in [2.24, 2.45) is 5.73 Å². The maximum atomic E-state index is 12.8. The summed E-state index contributed by atoms with van der Waals surface area (Å²) in [5, 5.41) is 16.6. The Morgan fingerprint density at radius 2 is 2.09 bits per heavy atom.